The van der Waals surface area contributed by atoms with E-state index in [4.69, 9.17) is 20.0 Å². The van der Waals surface area contributed by atoms with Crippen LogP contribution < -0.4 is 26.0 Å². The third-order valence-corrected chi connectivity index (χ3v) is 12.8. The summed E-state index contributed by atoms with van der Waals surface area (Å²) in [6, 6.07) is 19.1. The first kappa shape index (κ1) is 41.2. The van der Waals surface area contributed by atoms with Gasteiger partial charge in [0.1, 0.15) is 17.8 Å². The molecular formula is C44H59N5O7. The lowest BCUT2D eigenvalue weighted by Crippen LogP contribution is -2.62. The first-order valence-electron chi connectivity index (χ1n) is 19.7. The molecule has 1 unspecified atom stereocenters. The molecule has 302 valence electrons. The number of amides is 2. The van der Waals surface area contributed by atoms with E-state index < -0.39 is 42.1 Å². The van der Waals surface area contributed by atoms with Gasteiger partial charge in [0.05, 0.1) is 33.0 Å². The molecular weight excluding hydrogens is 711 g/mol. The van der Waals surface area contributed by atoms with E-state index in [2.05, 4.69) is 31.4 Å². The van der Waals surface area contributed by atoms with Crippen molar-refractivity contribution in [1.82, 2.24) is 15.7 Å². The molecule has 3 aromatic rings. The van der Waals surface area contributed by atoms with Gasteiger partial charge < -0.3 is 35.8 Å². The number of para-hydroxylation sites is 1. The van der Waals surface area contributed by atoms with Crippen molar-refractivity contribution in [3.8, 4) is 16.9 Å². The van der Waals surface area contributed by atoms with Crippen LogP contribution in [0.25, 0.3) is 11.1 Å². The van der Waals surface area contributed by atoms with Crippen molar-refractivity contribution >= 4 is 23.5 Å². The van der Waals surface area contributed by atoms with Gasteiger partial charge in [0.25, 0.3) is 5.91 Å². The minimum Gasteiger partial charge on any atom is -0.496 e. The molecule has 1 aliphatic heterocycles. The predicted octanol–water partition coefficient (Wildman–Crippen LogP) is 4.57. The van der Waals surface area contributed by atoms with Crippen LogP contribution in [0.15, 0.2) is 66.7 Å². The SMILES string of the molecule is COC(=O)[C@H](Cc1ccccc1)NC(=O)c1cc(-c2cccc(CN3O[C@@H](CN)[C@@H]([C@H](C)O)[C@H]3C(=O)NC3C[C@H]4C[C@H]([C@@H]3C)C4(C)C)c2OC)cc(N(C)C)c1. The molecule has 4 aliphatic rings. The summed E-state index contributed by atoms with van der Waals surface area (Å²) in [6.45, 7) is 8.91. The fourth-order valence-corrected chi connectivity index (χ4v) is 9.46. The lowest BCUT2D eigenvalue weighted by molar-refractivity contribution is -0.175. The Balaban J connectivity index is 1.29. The zero-order valence-electron chi connectivity index (χ0n) is 34.0. The summed E-state index contributed by atoms with van der Waals surface area (Å²) in [5.41, 5.74) is 10.6. The number of hydrogen-bond donors (Lipinski definition) is 4. The number of carbonyl (C=O) groups excluding carboxylic acids is 3. The average Bonchev–Trinajstić information content (AvgIpc) is 3.56. The van der Waals surface area contributed by atoms with Crippen LogP contribution in [0.3, 0.4) is 0 Å². The molecule has 0 radical (unpaired) electrons. The van der Waals surface area contributed by atoms with Gasteiger partial charge in [0, 0.05) is 61.4 Å². The molecule has 5 N–H and O–H groups in total. The number of aliphatic hydroxyl groups excluding tert-OH is 1. The molecule has 0 spiro atoms. The predicted molar refractivity (Wildman–Crippen MR) is 216 cm³/mol. The van der Waals surface area contributed by atoms with Crippen molar-refractivity contribution in [3.63, 3.8) is 0 Å². The van der Waals surface area contributed by atoms with E-state index in [1.807, 2.05) is 73.6 Å². The fraction of sp³-hybridized carbons (Fsp3) is 0.523. The standard InChI is InChI=1S/C44H59N5O7/c1-25-34-21-31(44(34,3)4)22-35(25)46-42(52)39-38(26(2)50)37(23-45)56-49(39)24-28-15-12-16-33(40(28)54-7)29-18-30(20-32(19-29)48(5)6)41(51)47-36(43(53)55-8)17-27-13-10-9-11-14-27/h9-16,18-20,25-26,31,34-39,50H,17,21-24,45H2,1-8H3,(H,46,52)(H,47,51)/t25-,26-,31+,34+,35?,36-,37-,38+,39-/m0/s1. The molecule has 3 aliphatic carbocycles. The van der Waals surface area contributed by atoms with Crippen molar-refractivity contribution in [2.45, 2.75) is 83.8 Å². The van der Waals surface area contributed by atoms with E-state index in [0.717, 1.165) is 28.8 Å². The smallest absolute Gasteiger partial charge is 0.328 e. The van der Waals surface area contributed by atoms with Crippen molar-refractivity contribution in [2.24, 2.45) is 34.8 Å². The maximum Gasteiger partial charge on any atom is 0.328 e. The molecule has 1 heterocycles. The Morgan fingerprint density at radius 1 is 1.05 bits per heavy atom. The number of esters is 1. The van der Waals surface area contributed by atoms with Gasteiger partial charge in [-0.25, -0.2) is 4.79 Å². The number of aliphatic hydroxyl groups is 1. The van der Waals surface area contributed by atoms with Crippen LogP contribution in [0.1, 0.15) is 62.0 Å². The Kier molecular flexibility index (Phi) is 12.4. The number of rotatable bonds is 14. The lowest BCUT2D eigenvalue weighted by atomic mass is 9.45. The van der Waals surface area contributed by atoms with E-state index in [9.17, 15) is 19.5 Å². The molecule has 0 aromatic heterocycles. The van der Waals surface area contributed by atoms with Crippen LogP contribution in [0.5, 0.6) is 5.75 Å². The molecule has 3 aromatic carbocycles. The van der Waals surface area contributed by atoms with Crippen molar-refractivity contribution < 1.29 is 33.8 Å². The second-order valence-corrected chi connectivity index (χ2v) is 16.7. The Hall–Kier alpha value is -4.49. The van der Waals surface area contributed by atoms with Crippen LogP contribution in [-0.2, 0) is 32.1 Å². The van der Waals surface area contributed by atoms with Gasteiger partial charge in [-0.1, -0.05) is 69.3 Å². The highest BCUT2D eigenvalue weighted by Gasteiger charge is 2.57. The minimum absolute atomic E-state index is 0.0437. The van der Waals surface area contributed by atoms with Gasteiger partial charge in [0.2, 0.25) is 5.91 Å². The van der Waals surface area contributed by atoms with E-state index in [0.29, 0.717) is 34.6 Å². The maximum atomic E-state index is 14.3. The molecule has 1 saturated heterocycles. The highest BCUT2D eigenvalue weighted by Crippen LogP contribution is 2.61. The van der Waals surface area contributed by atoms with E-state index in [-0.39, 0.29) is 36.9 Å². The number of hydrogen-bond acceptors (Lipinski definition) is 10. The molecule has 3 saturated carbocycles. The summed E-state index contributed by atoms with van der Waals surface area (Å²) in [5, 5.41) is 18.9. The normalized spacial score (nSPS) is 26.4. The number of anilines is 1. The Bertz CT molecular complexity index is 1880. The summed E-state index contributed by atoms with van der Waals surface area (Å²) in [5.74, 6) is 0.310. The van der Waals surface area contributed by atoms with Gasteiger partial charge >= 0.3 is 5.97 Å². The summed E-state index contributed by atoms with van der Waals surface area (Å²) in [7, 11) is 6.67. The van der Waals surface area contributed by atoms with E-state index in [1.54, 1.807) is 31.2 Å². The molecule has 12 heteroatoms. The molecule has 9 atom stereocenters. The quantitative estimate of drug-likeness (QED) is 0.172. The molecule has 56 heavy (non-hydrogen) atoms. The van der Waals surface area contributed by atoms with Gasteiger partial charge in [-0.15, -0.1) is 0 Å². The number of fused-ring (bicyclic) bond motifs is 2. The van der Waals surface area contributed by atoms with Crippen molar-refractivity contribution in [1.29, 1.82) is 0 Å². The highest BCUT2D eigenvalue weighted by atomic mass is 16.7. The number of carbonyl (C=O) groups is 3. The van der Waals surface area contributed by atoms with Crippen LogP contribution >= 0.6 is 0 Å². The first-order chi connectivity index (χ1) is 26.7. The van der Waals surface area contributed by atoms with Gasteiger partial charge in [0.15, 0.2) is 0 Å². The van der Waals surface area contributed by atoms with E-state index in [1.165, 1.54) is 13.5 Å². The second kappa shape index (κ2) is 16.9. The van der Waals surface area contributed by atoms with Gasteiger partial charge in [-0.2, -0.15) is 5.06 Å². The van der Waals surface area contributed by atoms with Crippen LogP contribution in [-0.4, -0.2) is 93.1 Å². The number of nitrogens with zero attached hydrogens (tertiary/aromatic N) is 2. The summed E-state index contributed by atoms with van der Waals surface area (Å²) >= 11 is 0. The van der Waals surface area contributed by atoms with Crippen LogP contribution in [0, 0.1) is 29.1 Å². The Morgan fingerprint density at radius 2 is 1.79 bits per heavy atom. The summed E-state index contributed by atoms with van der Waals surface area (Å²) < 4.78 is 11.1. The van der Waals surface area contributed by atoms with E-state index >= 15 is 0 Å². The highest BCUT2D eigenvalue weighted by molar-refractivity contribution is 5.99. The average molecular weight is 770 g/mol. The summed E-state index contributed by atoms with van der Waals surface area (Å²) in [6.07, 6.45) is 0.990. The van der Waals surface area contributed by atoms with Crippen molar-refractivity contribution in [2.75, 3.05) is 39.8 Å². The van der Waals surface area contributed by atoms with Crippen LogP contribution in [0.4, 0.5) is 5.69 Å². The molecule has 2 amide bonds. The number of methoxy groups -OCH3 is 2. The number of nitrogens with two attached hydrogens (primary N) is 1. The first-order valence-corrected chi connectivity index (χ1v) is 19.7. The van der Waals surface area contributed by atoms with Gasteiger partial charge in [-0.3, -0.25) is 14.4 Å². The monoisotopic (exact) mass is 769 g/mol. The number of hydroxylamine groups is 2. The zero-order chi connectivity index (χ0) is 40.5. The molecule has 12 nitrogen and oxygen atoms in total. The lowest BCUT2D eigenvalue weighted by Gasteiger charge is -2.62. The molecule has 7 rings (SSSR count). The number of nitrogens with one attached hydrogen (secondary N) is 2. The summed E-state index contributed by atoms with van der Waals surface area (Å²) in [4.78, 5) is 49.3. The molecule has 2 bridgehead atoms. The fourth-order valence-electron chi connectivity index (χ4n) is 9.46. The molecule has 4 fully saturated rings. The second-order valence-electron chi connectivity index (χ2n) is 16.7. The number of benzene rings is 3. The van der Waals surface area contributed by atoms with Crippen molar-refractivity contribution in [3.05, 3.63) is 83.4 Å². The van der Waals surface area contributed by atoms with Gasteiger partial charge in [-0.05, 0) is 72.3 Å². The maximum absolute atomic E-state index is 14.3. The largest absolute Gasteiger partial charge is 0.496 e. The zero-order valence-corrected chi connectivity index (χ0v) is 34.0. The van der Waals surface area contributed by atoms with Crippen LogP contribution in [0.2, 0.25) is 0 Å². The Morgan fingerprint density at radius 3 is 2.39 bits per heavy atom. The minimum atomic E-state index is -0.897. The third-order valence-electron chi connectivity index (χ3n) is 12.8. The third kappa shape index (κ3) is 8.16. The Labute approximate surface area is 331 Å². The number of ether oxygens (including phenoxy) is 2. The topological polar surface area (TPSA) is 156 Å².